The molecule has 0 fully saturated rings. The number of imidazole rings is 1. The van der Waals surface area contributed by atoms with E-state index >= 15 is 0 Å². The van der Waals surface area contributed by atoms with Crippen molar-refractivity contribution in [1.82, 2.24) is 15.3 Å². The van der Waals surface area contributed by atoms with Gasteiger partial charge in [0, 0.05) is 0 Å². The first kappa shape index (κ1) is 17.2. The lowest BCUT2D eigenvalue weighted by Crippen LogP contribution is -2.47. The first-order chi connectivity index (χ1) is 12.1. The van der Waals surface area contributed by atoms with Gasteiger partial charge in [0.25, 0.3) is 5.91 Å². The lowest BCUT2D eigenvalue weighted by Gasteiger charge is -2.22. The van der Waals surface area contributed by atoms with E-state index in [0.29, 0.717) is 10.8 Å². The second kappa shape index (κ2) is 7.48. The van der Waals surface area contributed by atoms with E-state index in [0.717, 1.165) is 17.5 Å². The summed E-state index contributed by atoms with van der Waals surface area (Å²) < 4.78 is 0. The molecule has 6 nitrogen and oxygen atoms in total. The number of hydrogen-bond acceptors (Lipinski definition) is 4. The van der Waals surface area contributed by atoms with Crippen molar-refractivity contribution >= 4 is 40.1 Å². The van der Waals surface area contributed by atoms with Gasteiger partial charge in [-0.1, -0.05) is 38.5 Å². The number of amides is 2. The fourth-order valence-electron chi connectivity index (χ4n) is 2.53. The van der Waals surface area contributed by atoms with E-state index in [2.05, 4.69) is 20.6 Å². The van der Waals surface area contributed by atoms with E-state index in [-0.39, 0.29) is 17.7 Å². The number of benzene rings is 1. The number of carbonyl (C=O) groups is 2. The Kier molecular flexibility index (Phi) is 5.14. The summed E-state index contributed by atoms with van der Waals surface area (Å²) >= 11 is 1.35. The first-order valence-electron chi connectivity index (χ1n) is 8.18. The first-order valence-corrected chi connectivity index (χ1v) is 9.06. The zero-order valence-corrected chi connectivity index (χ0v) is 14.9. The number of thiophene rings is 1. The maximum absolute atomic E-state index is 12.7. The van der Waals surface area contributed by atoms with Crippen LogP contribution in [0, 0.1) is 5.92 Å². The van der Waals surface area contributed by atoms with Crippen molar-refractivity contribution in [2.75, 3.05) is 5.32 Å². The molecule has 0 radical (unpaired) electrons. The van der Waals surface area contributed by atoms with Crippen LogP contribution in [0.2, 0.25) is 0 Å². The molecule has 3 N–H and O–H groups in total. The molecule has 0 aliphatic carbocycles. The zero-order valence-electron chi connectivity index (χ0n) is 14.1. The standard InChI is InChI=1S/C18H20N4O2S/c1-3-11(2)15(21-16(23)14-9-6-10-25-14)17(24)22-18-19-12-7-4-5-8-13(12)20-18/h4-11,15H,3H2,1-2H3,(H,21,23)(H2,19,20,22,24)/t11-,15-/m0/s1. The Morgan fingerprint density at radius 1 is 1.24 bits per heavy atom. The van der Waals surface area contributed by atoms with Crippen LogP contribution in [0.3, 0.4) is 0 Å². The number of rotatable bonds is 6. The molecule has 0 spiro atoms. The molecule has 0 aliphatic heterocycles. The van der Waals surface area contributed by atoms with E-state index in [1.54, 1.807) is 6.07 Å². The smallest absolute Gasteiger partial charge is 0.262 e. The van der Waals surface area contributed by atoms with Gasteiger partial charge in [0.2, 0.25) is 11.9 Å². The maximum atomic E-state index is 12.7. The molecule has 2 heterocycles. The van der Waals surface area contributed by atoms with E-state index in [9.17, 15) is 9.59 Å². The van der Waals surface area contributed by atoms with Gasteiger partial charge in [-0.3, -0.25) is 14.9 Å². The molecule has 3 aromatic rings. The Balaban J connectivity index is 1.75. The summed E-state index contributed by atoms with van der Waals surface area (Å²) in [6, 6.07) is 10.5. The second-order valence-corrected chi connectivity index (χ2v) is 6.85. The Labute approximate surface area is 149 Å². The van der Waals surface area contributed by atoms with Gasteiger partial charge in [-0.2, -0.15) is 0 Å². The topological polar surface area (TPSA) is 86.9 Å². The maximum Gasteiger partial charge on any atom is 0.262 e. The van der Waals surface area contributed by atoms with Gasteiger partial charge >= 0.3 is 0 Å². The molecule has 0 aliphatic rings. The average molecular weight is 356 g/mol. The van der Waals surface area contributed by atoms with E-state index < -0.39 is 6.04 Å². The summed E-state index contributed by atoms with van der Waals surface area (Å²) in [7, 11) is 0. The summed E-state index contributed by atoms with van der Waals surface area (Å²) in [5.41, 5.74) is 1.63. The van der Waals surface area contributed by atoms with E-state index in [1.807, 2.05) is 49.6 Å². The second-order valence-electron chi connectivity index (χ2n) is 5.91. The quantitative estimate of drug-likeness (QED) is 0.632. The number of nitrogens with zero attached hydrogens (tertiary/aromatic N) is 1. The SMILES string of the molecule is CC[C@H](C)[C@H](NC(=O)c1cccs1)C(=O)Nc1nc2ccccc2[nH]1. The van der Waals surface area contributed by atoms with Gasteiger partial charge in [-0.05, 0) is 29.5 Å². The number of nitrogens with one attached hydrogen (secondary N) is 3. The average Bonchev–Trinajstić information content (AvgIpc) is 3.27. The lowest BCUT2D eigenvalue weighted by molar-refractivity contribution is -0.119. The fraction of sp³-hybridized carbons (Fsp3) is 0.278. The van der Waals surface area contributed by atoms with E-state index in [4.69, 9.17) is 0 Å². The molecule has 0 saturated carbocycles. The number of para-hydroxylation sites is 2. The van der Waals surface area contributed by atoms with E-state index in [1.165, 1.54) is 11.3 Å². The Hall–Kier alpha value is -2.67. The Bertz CT molecular complexity index is 839. The number of hydrogen-bond donors (Lipinski definition) is 3. The summed E-state index contributed by atoms with van der Waals surface area (Å²) in [5.74, 6) is -0.142. The highest BCUT2D eigenvalue weighted by Crippen LogP contribution is 2.16. The van der Waals surface area contributed by atoms with Crippen molar-refractivity contribution in [2.24, 2.45) is 5.92 Å². The number of anilines is 1. The molecule has 7 heteroatoms. The normalized spacial score (nSPS) is 13.4. The fourth-order valence-corrected chi connectivity index (χ4v) is 3.16. The summed E-state index contributed by atoms with van der Waals surface area (Å²) in [6.07, 6.45) is 0.767. The third kappa shape index (κ3) is 3.88. The molecular formula is C18H20N4O2S. The molecule has 2 amide bonds. The van der Waals surface area contributed by atoms with Gasteiger partial charge < -0.3 is 10.3 Å². The van der Waals surface area contributed by atoms with Crippen LogP contribution in [-0.4, -0.2) is 27.8 Å². The van der Waals surface area contributed by atoms with Crippen LogP contribution in [0.1, 0.15) is 29.9 Å². The largest absolute Gasteiger partial charge is 0.339 e. The van der Waals surface area contributed by atoms with Gasteiger partial charge in [0.05, 0.1) is 15.9 Å². The molecule has 0 bridgehead atoms. The highest BCUT2D eigenvalue weighted by atomic mass is 32.1. The van der Waals surface area contributed by atoms with Crippen molar-refractivity contribution in [2.45, 2.75) is 26.3 Å². The molecule has 0 saturated heterocycles. The predicted molar refractivity (Wildman–Crippen MR) is 99.8 cm³/mol. The summed E-state index contributed by atoms with van der Waals surface area (Å²) in [5, 5.41) is 7.46. The van der Waals surface area contributed by atoms with Gasteiger partial charge in [-0.15, -0.1) is 11.3 Å². The minimum absolute atomic E-state index is 0.00621. The van der Waals surface area contributed by atoms with Crippen molar-refractivity contribution in [3.63, 3.8) is 0 Å². The highest BCUT2D eigenvalue weighted by Gasteiger charge is 2.27. The summed E-state index contributed by atoms with van der Waals surface area (Å²) in [6.45, 7) is 3.93. The van der Waals surface area contributed by atoms with Gasteiger partial charge in [0.15, 0.2) is 0 Å². The molecule has 130 valence electrons. The predicted octanol–water partition coefficient (Wildman–Crippen LogP) is 3.41. The van der Waals surface area contributed by atoms with Crippen LogP contribution in [0.25, 0.3) is 11.0 Å². The van der Waals surface area contributed by atoms with Crippen LogP contribution < -0.4 is 10.6 Å². The third-order valence-corrected chi connectivity index (χ3v) is 5.03. The van der Waals surface area contributed by atoms with Crippen LogP contribution in [0.5, 0.6) is 0 Å². The number of carbonyl (C=O) groups excluding carboxylic acids is 2. The lowest BCUT2D eigenvalue weighted by atomic mass is 9.98. The molecular weight excluding hydrogens is 336 g/mol. The minimum Gasteiger partial charge on any atom is -0.339 e. The van der Waals surface area contributed by atoms with Gasteiger partial charge in [-0.25, -0.2) is 4.98 Å². The zero-order chi connectivity index (χ0) is 17.8. The molecule has 25 heavy (non-hydrogen) atoms. The number of fused-ring (bicyclic) bond motifs is 1. The highest BCUT2D eigenvalue weighted by molar-refractivity contribution is 7.12. The Morgan fingerprint density at radius 3 is 2.72 bits per heavy atom. The van der Waals surface area contributed by atoms with Crippen LogP contribution in [-0.2, 0) is 4.79 Å². The van der Waals surface area contributed by atoms with Gasteiger partial charge in [0.1, 0.15) is 6.04 Å². The van der Waals surface area contributed by atoms with Crippen molar-refractivity contribution < 1.29 is 9.59 Å². The van der Waals surface area contributed by atoms with Crippen molar-refractivity contribution in [1.29, 1.82) is 0 Å². The van der Waals surface area contributed by atoms with Crippen molar-refractivity contribution in [3.8, 4) is 0 Å². The molecule has 2 aromatic heterocycles. The Morgan fingerprint density at radius 2 is 2.04 bits per heavy atom. The number of H-pyrrole nitrogens is 1. The molecule has 1 aromatic carbocycles. The van der Waals surface area contributed by atoms with Crippen LogP contribution in [0.4, 0.5) is 5.95 Å². The molecule has 2 atom stereocenters. The third-order valence-electron chi connectivity index (χ3n) is 4.16. The monoisotopic (exact) mass is 356 g/mol. The number of aromatic nitrogens is 2. The number of aromatic amines is 1. The summed E-state index contributed by atoms with van der Waals surface area (Å²) in [4.78, 5) is 33.0. The minimum atomic E-state index is -0.632. The van der Waals surface area contributed by atoms with Crippen LogP contribution >= 0.6 is 11.3 Å². The van der Waals surface area contributed by atoms with Crippen molar-refractivity contribution in [3.05, 3.63) is 46.7 Å². The molecule has 3 rings (SSSR count). The van der Waals surface area contributed by atoms with Crippen LogP contribution in [0.15, 0.2) is 41.8 Å². The molecule has 0 unspecified atom stereocenters.